The first-order valence-electron chi connectivity index (χ1n) is 6.81. The average molecular weight is 280 g/mol. The molecule has 3 rings (SSSR count). The highest BCUT2D eigenvalue weighted by molar-refractivity contribution is 5.97. The Hall–Kier alpha value is -2.59. The molecule has 1 amide bonds. The van der Waals surface area contributed by atoms with Crippen molar-refractivity contribution in [2.24, 2.45) is 0 Å². The van der Waals surface area contributed by atoms with E-state index in [2.05, 4.69) is 10.3 Å². The summed E-state index contributed by atoms with van der Waals surface area (Å²) < 4.78 is 0. The molecule has 3 N–H and O–H groups in total. The van der Waals surface area contributed by atoms with E-state index >= 15 is 0 Å². The van der Waals surface area contributed by atoms with Gasteiger partial charge in [-0.05, 0) is 34.7 Å². The molecule has 0 unspecified atom stereocenters. The Morgan fingerprint density at radius 2 is 1.90 bits per heavy atom. The van der Waals surface area contributed by atoms with E-state index in [9.17, 15) is 9.90 Å². The number of hydrogen-bond acceptors (Lipinski definition) is 2. The molecule has 0 spiro atoms. The summed E-state index contributed by atoms with van der Waals surface area (Å²) in [5, 5.41) is 13.2. The molecule has 0 aliphatic heterocycles. The Morgan fingerprint density at radius 3 is 2.71 bits per heavy atom. The van der Waals surface area contributed by atoms with Crippen LogP contribution in [0.4, 0.5) is 0 Å². The number of aromatic amines is 1. The fourth-order valence-corrected chi connectivity index (χ4v) is 2.35. The molecular formula is C17H16N2O2. The van der Waals surface area contributed by atoms with Crippen LogP contribution in [0.15, 0.2) is 54.7 Å². The molecule has 0 saturated carbocycles. The predicted octanol–water partition coefficient (Wildman–Crippen LogP) is 2.59. The van der Waals surface area contributed by atoms with E-state index in [4.69, 9.17) is 0 Å². The molecule has 0 aliphatic rings. The van der Waals surface area contributed by atoms with Crippen molar-refractivity contribution in [2.45, 2.75) is 13.2 Å². The van der Waals surface area contributed by atoms with Crippen LogP contribution in [0.3, 0.4) is 0 Å². The summed E-state index contributed by atoms with van der Waals surface area (Å²) in [7, 11) is 0. The lowest BCUT2D eigenvalue weighted by atomic mass is 10.1. The summed E-state index contributed by atoms with van der Waals surface area (Å²) >= 11 is 0. The molecular weight excluding hydrogens is 264 g/mol. The number of nitrogens with one attached hydrogen (secondary N) is 2. The molecule has 0 saturated heterocycles. The van der Waals surface area contributed by atoms with Gasteiger partial charge in [-0.1, -0.05) is 30.3 Å². The van der Waals surface area contributed by atoms with Crippen molar-refractivity contribution >= 4 is 16.8 Å². The van der Waals surface area contributed by atoms with Gasteiger partial charge in [-0.15, -0.1) is 0 Å². The van der Waals surface area contributed by atoms with Crippen LogP contribution in [0.1, 0.15) is 21.5 Å². The number of aromatic nitrogens is 1. The van der Waals surface area contributed by atoms with Gasteiger partial charge in [-0.3, -0.25) is 4.79 Å². The zero-order chi connectivity index (χ0) is 14.7. The van der Waals surface area contributed by atoms with Crippen molar-refractivity contribution in [3.05, 3.63) is 71.4 Å². The molecule has 4 heteroatoms. The number of benzene rings is 2. The first kappa shape index (κ1) is 13.4. The first-order chi connectivity index (χ1) is 10.3. The SMILES string of the molecule is O=C(NCc1ccccc1CO)c1ccc2cc[nH]c2c1. The first-order valence-corrected chi connectivity index (χ1v) is 6.81. The van der Waals surface area contributed by atoms with Crippen LogP contribution < -0.4 is 5.32 Å². The van der Waals surface area contributed by atoms with E-state index in [1.807, 2.05) is 54.7 Å². The lowest BCUT2D eigenvalue weighted by Gasteiger charge is -2.09. The van der Waals surface area contributed by atoms with Gasteiger partial charge >= 0.3 is 0 Å². The molecule has 0 aliphatic carbocycles. The minimum absolute atomic E-state index is 0.0273. The summed E-state index contributed by atoms with van der Waals surface area (Å²) in [6.45, 7) is 0.374. The molecule has 1 heterocycles. The molecule has 106 valence electrons. The molecule has 0 fully saturated rings. The van der Waals surface area contributed by atoms with Gasteiger partial charge in [-0.2, -0.15) is 0 Å². The number of carbonyl (C=O) groups is 1. The quantitative estimate of drug-likeness (QED) is 0.687. The predicted molar refractivity (Wildman–Crippen MR) is 81.8 cm³/mol. The molecule has 0 atom stereocenters. The van der Waals surface area contributed by atoms with Crippen molar-refractivity contribution in [1.29, 1.82) is 0 Å². The number of aliphatic hydroxyl groups is 1. The fraction of sp³-hybridized carbons (Fsp3) is 0.118. The van der Waals surface area contributed by atoms with Crippen LogP contribution in [0, 0.1) is 0 Å². The van der Waals surface area contributed by atoms with E-state index in [0.717, 1.165) is 22.0 Å². The maximum Gasteiger partial charge on any atom is 0.251 e. The van der Waals surface area contributed by atoms with E-state index in [1.165, 1.54) is 0 Å². The number of H-pyrrole nitrogens is 1. The molecule has 4 nitrogen and oxygen atoms in total. The van der Waals surface area contributed by atoms with Gasteiger partial charge in [0.05, 0.1) is 6.61 Å². The zero-order valence-corrected chi connectivity index (χ0v) is 11.5. The van der Waals surface area contributed by atoms with Crippen LogP contribution in [0.2, 0.25) is 0 Å². The van der Waals surface area contributed by atoms with Crippen LogP contribution in [-0.2, 0) is 13.2 Å². The van der Waals surface area contributed by atoms with Crippen molar-refractivity contribution in [3.8, 4) is 0 Å². The largest absolute Gasteiger partial charge is 0.392 e. The minimum atomic E-state index is -0.126. The summed E-state index contributed by atoms with van der Waals surface area (Å²) in [5.74, 6) is -0.126. The average Bonchev–Trinajstić information content (AvgIpc) is 3.00. The third kappa shape index (κ3) is 2.80. The third-order valence-corrected chi connectivity index (χ3v) is 3.55. The number of hydrogen-bond donors (Lipinski definition) is 3. The third-order valence-electron chi connectivity index (χ3n) is 3.55. The maximum absolute atomic E-state index is 12.2. The van der Waals surface area contributed by atoms with E-state index in [1.54, 1.807) is 0 Å². The van der Waals surface area contributed by atoms with Gasteiger partial charge in [0.1, 0.15) is 0 Å². The van der Waals surface area contributed by atoms with Crippen LogP contribution >= 0.6 is 0 Å². The summed E-state index contributed by atoms with van der Waals surface area (Å²) in [6.07, 6.45) is 1.85. The fourth-order valence-electron chi connectivity index (χ4n) is 2.35. The lowest BCUT2D eigenvalue weighted by Crippen LogP contribution is -2.23. The number of fused-ring (bicyclic) bond motifs is 1. The Kier molecular flexibility index (Phi) is 3.71. The van der Waals surface area contributed by atoms with Crippen molar-refractivity contribution in [2.75, 3.05) is 0 Å². The molecule has 3 aromatic rings. The van der Waals surface area contributed by atoms with E-state index in [-0.39, 0.29) is 12.5 Å². The second-order valence-corrected chi connectivity index (χ2v) is 4.89. The highest BCUT2D eigenvalue weighted by Crippen LogP contribution is 2.14. The van der Waals surface area contributed by atoms with Gasteiger partial charge in [0, 0.05) is 23.8 Å². The molecule has 1 aromatic heterocycles. The maximum atomic E-state index is 12.2. The monoisotopic (exact) mass is 280 g/mol. The number of carbonyl (C=O) groups excluding carboxylic acids is 1. The topological polar surface area (TPSA) is 65.1 Å². The zero-order valence-electron chi connectivity index (χ0n) is 11.5. The molecule has 0 bridgehead atoms. The summed E-state index contributed by atoms with van der Waals surface area (Å²) in [4.78, 5) is 15.3. The highest BCUT2D eigenvalue weighted by Gasteiger charge is 2.08. The Bertz CT molecular complexity index is 777. The van der Waals surface area contributed by atoms with Gasteiger partial charge in [0.15, 0.2) is 0 Å². The summed E-state index contributed by atoms with van der Waals surface area (Å²) in [6, 6.07) is 15.1. The normalized spacial score (nSPS) is 10.7. The smallest absolute Gasteiger partial charge is 0.251 e. The Labute approximate surface area is 122 Å². The Morgan fingerprint density at radius 1 is 1.10 bits per heavy atom. The number of aliphatic hydroxyl groups excluding tert-OH is 1. The van der Waals surface area contributed by atoms with Gasteiger partial charge in [-0.25, -0.2) is 0 Å². The number of amides is 1. The molecule has 0 radical (unpaired) electrons. The Balaban J connectivity index is 1.74. The van der Waals surface area contributed by atoms with Crippen LogP contribution in [0.25, 0.3) is 10.9 Å². The summed E-state index contributed by atoms with van der Waals surface area (Å²) in [5.41, 5.74) is 3.32. The van der Waals surface area contributed by atoms with Crippen LogP contribution in [-0.4, -0.2) is 16.0 Å². The molecule has 2 aromatic carbocycles. The van der Waals surface area contributed by atoms with Gasteiger partial charge < -0.3 is 15.4 Å². The van der Waals surface area contributed by atoms with Crippen molar-refractivity contribution in [1.82, 2.24) is 10.3 Å². The minimum Gasteiger partial charge on any atom is -0.392 e. The highest BCUT2D eigenvalue weighted by atomic mass is 16.3. The molecule has 21 heavy (non-hydrogen) atoms. The number of rotatable bonds is 4. The van der Waals surface area contributed by atoms with Crippen molar-refractivity contribution < 1.29 is 9.90 Å². The van der Waals surface area contributed by atoms with E-state index in [0.29, 0.717) is 12.1 Å². The van der Waals surface area contributed by atoms with Crippen LogP contribution in [0.5, 0.6) is 0 Å². The van der Waals surface area contributed by atoms with E-state index < -0.39 is 0 Å². The van der Waals surface area contributed by atoms with Gasteiger partial charge in [0.2, 0.25) is 0 Å². The lowest BCUT2D eigenvalue weighted by molar-refractivity contribution is 0.0950. The standard InChI is InChI=1S/C17H16N2O2/c20-11-15-4-2-1-3-14(15)10-19-17(21)13-6-5-12-7-8-18-16(12)9-13/h1-9,18,20H,10-11H2,(H,19,21). The van der Waals surface area contributed by atoms with Crippen molar-refractivity contribution in [3.63, 3.8) is 0 Å². The second kappa shape index (κ2) is 5.81. The second-order valence-electron chi connectivity index (χ2n) is 4.89. The van der Waals surface area contributed by atoms with Gasteiger partial charge in [0.25, 0.3) is 5.91 Å².